The topological polar surface area (TPSA) is 12.4 Å². The predicted octanol–water partition coefficient (Wildman–Crippen LogP) is 2.76. The summed E-state index contributed by atoms with van der Waals surface area (Å²) in [6.45, 7) is 3.66. The van der Waals surface area contributed by atoms with Crippen LogP contribution in [0.1, 0.15) is 0 Å². The Morgan fingerprint density at radius 2 is 2.50 bits per heavy atom. The molecule has 1 nitrogen and oxygen atoms in total. The van der Waals surface area contributed by atoms with Crippen LogP contribution >= 0.6 is 23.3 Å². The van der Waals surface area contributed by atoms with Crippen molar-refractivity contribution in [1.82, 2.24) is 0 Å². The summed E-state index contributed by atoms with van der Waals surface area (Å²) in [4.78, 5) is 3.92. The first kappa shape index (κ1) is 6.11. The van der Waals surface area contributed by atoms with Crippen LogP contribution < -0.4 is 0 Å². The lowest BCUT2D eigenvalue weighted by Gasteiger charge is -2.13. The Kier molecular flexibility index (Phi) is 1.58. The molecule has 1 unspecified atom stereocenters. The lowest BCUT2D eigenvalue weighted by atomic mass is 11.1. The second-order valence-electron chi connectivity index (χ2n) is 1.38. The van der Waals surface area contributed by atoms with Gasteiger partial charge in [0.25, 0.3) is 0 Å². The molecule has 0 amide bonds. The number of hydrogen-bond donors (Lipinski definition) is 0. The van der Waals surface area contributed by atoms with Gasteiger partial charge in [0.05, 0.1) is 5.55 Å². The van der Waals surface area contributed by atoms with Gasteiger partial charge < -0.3 is 0 Å². The first-order valence-electron chi connectivity index (χ1n) is 2.12. The maximum absolute atomic E-state index is 3.92. The summed E-state index contributed by atoms with van der Waals surface area (Å²) >= 11 is 3.47. The Balaban J connectivity index is 2.83. The van der Waals surface area contributed by atoms with Crippen LogP contribution in [0.3, 0.4) is 0 Å². The zero-order valence-electron chi connectivity index (χ0n) is 4.25. The Morgan fingerprint density at radius 1 is 1.75 bits per heavy atom. The van der Waals surface area contributed by atoms with Crippen molar-refractivity contribution in [1.29, 1.82) is 0 Å². The van der Waals surface area contributed by atoms with Crippen LogP contribution in [0.15, 0.2) is 28.6 Å². The quantitative estimate of drug-likeness (QED) is 0.605. The van der Waals surface area contributed by atoms with Crippen molar-refractivity contribution < 1.29 is 0 Å². The normalized spacial score (nSPS) is 41.6. The smallest absolute Gasteiger partial charge is 0.0592 e. The molecule has 1 aliphatic rings. The van der Waals surface area contributed by atoms with E-state index in [0.29, 0.717) is 0 Å². The molecular weight excluding hydrogens is 186 g/mol. The van der Waals surface area contributed by atoms with Gasteiger partial charge in [-0.15, -0.1) is 8.46 Å². The molecule has 0 radical (unpaired) electrons. The fourth-order valence-electron chi connectivity index (χ4n) is 0.391. The SMILES string of the molecule is C=CS1(Br)C=CN=C1. The van der Waals surface area contributed by atoms with Gasteiger partial charge in [-0.3, -0.25) is 4.99 Å². The molecule has 3 heteroatoms. The first-order chi connectivity index (χ1) is 3.77. The first-order valence-corrected chi connectivity index (χ1v) is 5.78. The zero-order chi connectivity index (χ0) is 6.04. The molecule has 1 heterocycles. The number of aliphatic imine (C=N–C) groups is 1. The van der Waals surface area contributed by atoms with Gasteiger partial charge in [-0.1, -0.05) is 6.58 Å². The molecule has 0 saturated heterocycles. The standard InChI is InChI=1S/C5H6BrNS/c1-2-8(6)4-3-7-5-8/h2-5H,1H2. The minimum absolute atomic E-state index is 0.938. The molecule has 0 aromatic carbocycles. The van der Waals surface area contributed by atoms with Gasteiger partial charge in [0.1, 0.15) is 0 Å². The largest absolute Gasteiger partial charge is 0.257 e. The van der Waals surface area contributed by atoms with Crippen LogP contribution in [0, 0.1) is 0 Å². The third kappa shape index (κ3) is 1.03. The molecule has 0 bridgehead atoms. The van der Waals surface area contributed by atoms with Crippen molar-refractivity contribution in [2.75, 3.05) is 0 Å². The van der Waals surface area contributed by atoms with Crippen LogP contribution in [0.25, 0.3) is 0 Å². The van der Waals surface area contributed by atoms with Crippen LogP contribution in [0.2, 0.25) is 0 Å². The maximum atomic E-state index is 3.92. The molecule has 0 saturated carbocycles. The Bertz CT molecular complexity index is 150. The van der Waals surface area contributed by atoms with Crippen LogP contribution in [-0.4, -0.2) is 5.55 Å². The van der Waals surface area contributed by atoms with Gasteiger partial charge in [0.15, 0.2) is 0 Å². The van der Waals surface area contributed by atoms with Gasteiger partial charge >= 0.3 is 0 Å². The molecule has 0 aromatic rings. The van der Waals surface area contributed by atoms with Gasteiger partial charge in [-0.2, -0.15) is 0 Å². The highest BCUT2D eigenvalue weighted by Gasteiger charge is 2.10. The number of hydrogen-bond acceptors (Lipinski definition) is 1. The molecule has 0 N–H and O–H groups in total. The highest BCUT2D eigenvalue weighted by atomic mass is 79.9. The fourth-order valence-corrected chi connectivity index (χ4v) is 1.75. The highest BCUT2D eigenvalue weighted by Crippen LogP contribution is 2.57. The van der Waals surface area contributed by atoms with Crippen molar-refractivity contribution >= 4 is 28.8 Å². The van der Waals surface area contributed by atoms with E-state index in [-0.39, 0.29) is 0 Å². The molecule has 0 fully saturated rings. The number of nitrogens with zero attached hydrogens (tertiary/aromatic N) is 1. The summed E-state index contributed by atoms with van der Waals surface area (Å²) < 4.78 is 0. The van der Waals surface area contributed by atoms with E-state index in [1.54, 1.807) is 6.20 Å². The predicted molar refractivity (Wildman–Crippen MR) is 44.3 cm³/mol. The summed E-state index contributed by atoms with van der Waals surface area (Å²) in [5, 5.41) is 3.89. The Morgan fingerprint density at radius 3 is 2.75 bits per heavy atom. The van der Waals surface area contributed by atoms with Crippen molar-refractivity contribution in [3.05, 3.63) is 23.6 Å². The molecular formula is C5H6BrNS. The second kappa shape index (κ2) is 2.07. The minimum Gasteiger partial charge on any atom is -0.257 e. The summed E-state index contributed by atoms with van der Waals surface area (Å²) in [5.41, 5.74) is 1.88. The fraction of sp³-hybridized carbons (Fsp3) is 0. The van der Waals surface area contributed by atoms with E-state index in [1.165, 1.54) is 0 Å². The Hall–Kier alpha value is -0.0200. The van der Waals surface area contributed by atoms with E-state index in [9.17, 15) is 0 Å². The molecule has 1 atom stereocenters. The Labute approximate surface area is 57.7 Å². The highest BCUT2D eigenvalue weighted by molar-refractivity contribution is 9.61. The van der Waals surface area contributed by atoms with Gasteiger partial charge in [-0.25, -0.2) is 0 Å². The molecule has 0 aliphatic carbocycles. The van der Waals surface area contributed by atoms with E-state index >= 15 is 0 Å². The maximum Gasteiger partial charge on any atom is 0.0592 e. The van der Waals surface area contributed by atoms with E-state index in [0.717, 1.165) is 0 Å². The molecule has 44 valence electrons. The average molecular weight is 192 g/mol. The minimum atomic E-state index is -0.938. The summed E-state index contributed by atoms with van der Waals surface area (Å²) in [6, 6.07) is 0. The van der Waals surface area contributed by atoms with Crippen molar-refractivity contribution in [3.8, 4) is 0 Å². The van der Waals surface area contributed by atoms with Crippen molar-refractivity contribution in [3.63, 3.8) is 0 Å². The van der Waals surface area contributed by atoms with Crippen LogP contribution in [0.5, 0.6) is 0 Å². The monoisotopic (exact) mass is 191 g/mol. The van der Waals surface area contributed by atoms with Crippen LogP contribution in [-0.2, 0) is 0 Å². The lowest BCUT2D eigenvalue weighted by molar-refractivity contribution is 1.65. The number of halogens is 1. The van der Waals surface area contributed by atoms with Crippen molar-refractivity contribution in [2.45, 2.75) is 0 Å². The average Bonchev–Trinajstić information content (AvgIpc) is 2.17. The summed E-state index contributed by atoms with van der Waals surface area (Å²) in [7, 11) is -0.938. The molecule has 1 aliphatic heterocycles. The van der Waals surface area contributed by atoms with Gasteiger partial charge in [0, 0.05) is 6.20 Å². The third-order valence-electron chi connectivity index (χ3n) is 0.833. The zero-order valence-corrected chi connectivity index (χ0v) is 6.65. The van der Waals surface area contributed by atoms with Gasteiger partial charge in [0.2, 0.25) is 0 Å². The third-order valence-corrected chi connectivity index (χ3v) is 4.27. The molecule has 1 rings (SSSR count). The van der Waals surface area contributed by atoms with E-state index < -0.39 is 8.46 Å². The van der Waals surface area contributed by atoms with Crippen LogP contribution in [0.4, 0.5) is 0 Å². The summed E-state index contributed by atoms with van der Waals surface area (Å²) in [5.74, 6) is 0. The second-order valence-corrected chi connectivity index (χ2v) is 6.91. The summed E-state index contributed by atoms with van der Waals surface area (Å²) in [6.07, 6.45) is 1.78. The number of rotatable bonds is 1. The van der Waals surface area contributed by atoms with E-state index in [2.05, 4.69) is 26.4 Å². The van der Waals surface area contributed by atoms with Crippen molar-refractivity contribution in [2.24, 2.45) is 4.99 Å². The molecule has 0 aromatic heterocycles. The van der Waals surface area contributed by atoms with Gasteiger partial charge in [-0.05, 0) is 25.6 Å². The lowest BCUT2D eigenvalue weighted by Crippen LogP contribution is -1.73. The van der Waals surface area contributed by atoms with E-state index in [4.69, 9.17) is 0 Å². The molecule has 8 heavy (non-hydrogen) atoms. The molecule has 0 spiro atoms. The van der Waals surface area contributed by atoms with E-state index in [1.807, 2.05) is 16.4 Å².